The SMILES string of the molecule is COC(=O)c1sc2nc(C)[nH]c(=O)c2c1CC(=O)OCC(C)=O. The zero-order valence-corrected chi connectivity index (χ0v) is 13.5. The number of esters is 2. The van der Waals surface area contributed by atoms with E-state index in [9.17, 15) is 19.2 Å². The van der Waals surface area contributed by atoms with Crippen LogP contribution in [-0.2, 0) is 25.5 Å². The van der Waals surface area contributed by atoms with Crippen LogP contribution in [0, 0.1) is 6.92 Å². The Kier molecular flexibility index (Phi) is 4.89. The second-order valence-electron chi connectivity index (χ2n) is 4.77. The highest BCUT2D eigenvalue weighted by atomic mass is 32.1. The second kappa shape index (κ2) is 6.69. The van der Waals surface area contributed by atoms with Gasteiger partial charge in [-0.3, -0.25) is 14.4 Å². The molecule has 9 heteroatoms. The van der Waals surface area contributed by atoms with Crippen LogP contribution in [0.2, 0.25) is 0 Å². The predicted molar refractivity (Wildman–Crippen MR) is 81.7 cm³/mol. The van der Waals surface area contributed by atoms with Crippen molar-refractivity contribution in [2.45, 2.75) is 20.3 Å². The number of aromatic amines is 1. The van der Waals surface area contributed by atoms with Crippen molar-refractivity contribution in [1.29, 1.82) is 0 Å². The molecule has 0 aliphatic carbocycles. The van der Waals surface area contributed by atoms with E-state index in [1.54, 1.807) is 6.92 Å². The van der Waals surface area contributed by atoms with Crippen LogP contribution in [0.4, 0.5) is 0 Å². The second-order valence-corrected chi connectivity index (χ2v) is 5.77. The third-order valence-corrected chi connectivity index (χ3v) is 4.01. The normalized spacial score (nSPS) is 10.6. The van der Waals surface area contributed by atoms with Gasteiger partial charge in [0.2, 0.25) is 0 Å². The highest BCUT2D eigenvalue weighted by Crippen LogP contribution is 2.29. The van der Waals surface area contributed by atoms with E-state index in [0.717, 1.165) is 11.3 Å². The number of H-pyrrole nitrogens is 1. The van der Waals surface area contributed by atoms with Gasteiger partial charge in [-0.25, -0.2) is 9.78 Å². The van der Waals surface area contributed by atoms with Gasteiger partial charge in [-0.05, 0) is 13.8 Å². The first kappa shape index (κ1) is 16.8. The van der Waals surface area contributed by atoms with Gasteiger partial charge in [-0.15, -0.1) is 11.3 Å². The molecule has 0 unspecified atom stereocenters. The molecule has 1 N–H and O–H groups in total. The molecule has 0 amide bonds. The number of thiophene rings is 1. The van der Waals surface area contributed by atoms with Gasteiger partial charge in [0.1, 0.15) is 22.1 Å². The molecule has 2 aromatic heterocycles. The zero-order chi connectivity index (χ0) is 17.1. The van der Waals surface area contributed by atoms with Crippen LogP contribution in [0.5, 0.6) is 0 Å². The van der Waals surface area contributed by atoms with E-state index in [1.165, 1.54) is 14.0 Å². The number of rotatable bonds is 5. The summed E-state index contributed by atoms with van der Waals surface area (Å²) >= 11 is 0.971. The van der Waals surface area contributed by atoms with Crippen molar-refractivity contribution in [2.75, 3.05) is 13.7 Å². The van der Waals surface area contributed by atoms with Gasteiger partial charge in [-0.2, -0.15) is 0 Å². The van der Waals surface area contributed by atoms with E-state index in [0.29, 0.717) is 10.7 Å². The Morgan fingerprint density at radius 1 is 1.30 bits per heavy atom. The van der Waals surface area contributed by atoms with Crippen LogP contribution >= 0.6 is 11.3 Å². The Balaban J connectivity index is 2.50. The molecule has 0 bridgehead atoms. The quantitative estimate of drug-likeness (QED) is 0.800. The van der Waals surface area contributed by atoms with Crippen molar-refractivity contribution in [3.63, 3.8) is 0 Å². The minimum Gasteiger partial charge on any atom is -0.465 e. The summed E-state index contributed by atoms with van der Waals surface area (Å²) in [6.07, 6.45) is -0.328. The number of ether oxygens (including phenoxy) is 2. The number of methoxy groups -OCH3 is 1. The van der Waals surface area contributed by atoms with Gasteiger partial charge in [0.05, 0.1) is 18.9 Å². The van der Waals surface area contributed by atoms with Crippen LogP contribution in [0.15, 0.2) is 4.79 Å². The minimum absolute atomic E-state index is 0.117. The third-order valence-electron chi connectivity index (χ3n) is 2.91. The minimum atomic E-state index is -0.718. The fourth-order valence-electron chi connectivity index (χ4n) is 1.98. The van der Waals surface area contributed by atoms with Crippen molar-refractivity contribution in [2.24, 2.45) is 0 Å². The van der Waals surface area contributed by atoms with Crippen LogP contribution in [0.25, 0.3) is 10.2 Å². The lowest BCUT2D eigenvalue weighted by Crippen LogP contribution is -2.17. The summed E-state index contributed by atoms with van der Waals surface area (Å²) in [6, 6.07) is 0. The largest absolute Gasteiger partial charge is 0.465 e. The van der Waals surface area contributed by atoms with E-state index in [1.807, 2.05) is 0 Å². The summed E-state index contributed by atoms with van der Waals surface area (Å²) in [5.41, 5.74) is -0.257. The van der Waals surface area contributed by atoms with Crippen molar-refractivity contribution in [3.8, 4) is 0 Å². The monoisotopic (exact) mass is 338 g/mol. The molecule has 122 valence electrons. The van der Waals surface area contributed by atoms with Crippen molar-refractivity contribution >= 4 is 39.3 Å². The molecular formula is C14H14N2O6S. The lowest BCUT2D eigenvalue weighted by atomic mass is 10.1. The number of nitrogens with zero attached hydrogens (tertiary/aromatic N) is 1. The maximum Gasteiger partial charge on any atom is 0.348 e. The molecule has 2 aromatic rings. The molecule has 0 aliphatic heterocycles. The molecule has 0 saturated carbocycles. The number of Topliss-reactive ketones (excluding diaryl/α,β-unsaturated/α-hetero) is 1. The van der Waals surface area contributed by atoms with Crippen LogP contribution in [0.1, 0.15) is 28.0 Å². The molecule has 2 heterocycles. The summed E-state index contributed by atoms with van der Waals surface area (Å²) in [4.78, 5) is 53.9. The molecular weight excluding hydrogens is 324 g/mol. The van der Waals surface area contributed by atoms with E-state index in [2.05, 4.69) is 14.7 Å². The molecule has 2 rings (SSSR count). The molecule has 0 aliphatic rings. The van der Waals surface area contributed by atoms with Gasteiger partial charge in [-0.1, -0.05) is 0 Å². The predicted octanol–water partition coefficient (Wildman–Crippen LogP) is 0.754. The number of aromatic nitrogens is 2. The third kappa shape index (κ3) is 3.62. The standard InChI is InChI=1S/C14H14N2O6S/c1-6(17)5-22-9(18)4-8-10-12(19)15-7(2)16-13(10)23-11(8)14(20)21-3/h4-5H2,1-3H3,(H,15,16,19). The first-order valence-electron chi connectivity index (χ1n) is 6.59. The Morgan fingerprint density at radius 3 is 2.61 bits per heavy atom. The van der Waals surface area contributed by atoms with Crippen LogP contribution < -0.4 is 5.56 Å². The Morgan fingerprint density at radius 2 is 2.00 bits per heavy atom. The lowest BCUT2D eigenvalue weighted by Gasteiger charge is -2.04. The number of carbonyl (C=O) groups is 3. The number of aryl methyl sites for hydroxylation is 1. The molecule has 8 nitrogen and oxygen atoms in total. The number of carbonyl (C=O) groups excluding carboxylic acids is 3. The molecule has 0 fully saturated rings. The fourth-order valence-corrected chi connectivity index (χ4v) is 3.13. The highest BCUT2D eigenvalue weighted by molar-refractivity contribution is 7.20. The average molecular weight is 338 g/mol. The van der Waals surface area contributed by atoms with Gasteiger partial charge >= 0.3 is 11.9 Å². The summed E-state index contributed by atoms with van der Waals surface area (Å²) in [6.45, 7) is 2.53. The molecule has 23 heavy (non-hydrogen) atoms. The Labute approximate surface area is 134 Å². The Hall–Kier alpha value is -2.55. The summed E-state index contributed by atoms with van der Waals surface area (Å²) in [5, 5.41) is 0.153. The van der Waals surface area contributed by atoms with Crippen LogP contribution in [-0.4, -0.2) is 41.4 Å². The van der Waals surface area contributed by atoms with E-state index in [-0.39, 0.29) is 34.6 Å². The van der Waals surface area contributed by atoms with Gasteiger partial charge in [0, 0.05) is 5.56 Å². The first-order valence-corrected chi connectivity index (χ1v) is 7.40. The number of ketones is 1. The maximum atomic E-state index is 12.1. The topological polar surface area (TPSA) is 115 Å². The summed E-state index contributed by atoms with van der Waals surface area (Å²) in [7, 11) is 1.20. The van der Waals surface area contributed by atoms with Crippen LogP contribution in [0.3, 0.4) is 0 Å². The molecule has 0 saturated heterocycles. The molecule has 0 spiro atoms. The van der Waals surface area contributed by atoms with Gasteiger partial charge in [0.15, 0.2) is 5.78 Å². The van der Waals surface area contributed by atoms with E-state index < -0.39 is 17.5 Å². The summed E-state index contributed by atoms with van der Waals surface area (Å²) < 4.78 is 9.47. The molecule has 0 radical (unpaired) electrons. The van der Waals surface area contributed by atoms with Gasteiger partial charge < -0.3 is 14.5 Å². The molecule has 0 atom stereocenters. The zero-order valence-electron chi connectivity index (χ0n) is 12.7. The maximum absolute atomic E-state index is 12.1. The number of fused-ring (bicyclic) bond motifs is 1. The number of hydrogen-bond acceptors (Lipinski definition) is 8. The average Bonchev–Trinajstić information content (AvgIpc) is 2.82. The number of nitrogens with one attached hydrogen (secondary N) is 1. The van der Waals surface area contributed by atoms with Crippen molar-refractivity contribution in [1.82, 2.24) is 9.97 Å². The van der Waals surface area contributed by atoms with Crippen molar-refractivity contribution < 1.29 is 23.9 Å². The number of hydrogen-bond donors (Lipinski definition) is 1. The smallest absolute Gasteiger partial charge is 0.348 e. The highest BCUT2D eigenvalue weighted by Gasteiger charge is 2.24. The van der Waals surface area contributed by atoms with E-state index in [4.69, 9.17) is 4.74 Å². The van der Waals surface area contributed by atoms with Crippen molar-refractivity contribution in [3.05, 3.63) is 26.6 Å². The fraction of sp³-hybridized carbons (Fsp3) is 0.357. The summed E-state index contributed by atoms with van der Waals surface area (Å²) in [5.74, 6) is -1.30. The Bertz CT molecular complexity index is 851. The molecule has 0 aromatic carbocycles. The lowest BCUT2D eigenvalue weighted by molar-refractivity contribution is -0.146. The first-order chi connectivity index (χ1) is 10.8. The van der Waals surface area contributed by atoms with Gasteiger partial charge in [0.25, 0.3) is 5.56 Å². The van der Waals surface area contributed by atoms with E-state index >= 15 is 0 Å².